The maximum absolute atomic E-state index is 12.5. The number of aliphatic imine (C=N–C) groups is 1. The van der Waals surface area contributed by atoms with E-state index in [1.54, 1.807) is 7.11 Å². The zero-order valence-electron chi connectivity index (χ0n) is 20.0. The largest absolute Gasteiger partial charge is 0.444 e. The van der Waals surface area contributed by atoms with Gasteiger partial charge in [0.1, 0.15) is 5.60 Å². The highest BCUT2D eigenvalue weighted by Gasteiger charge is 2.35. The average molecular weight is 555 g/mol. The Kier molecular flexibility index (Phi) is 13.1. The van der Waals surface area contributed by atoms with Gasteiger partial charge in [-0.2, -0.15) is 0 Å². The first-order valence-corrected chi connectivity index (χ1v) is 11.5. The van der Waals surface area contributed by atoms with E-state index in [4.69, 9.17) is 19.2 Å². The monoisotopic (exact) mass is 554 g/mol. The van der Waals surface area contributed by atoms with Gasteiger partial charge >= 0.3 is 6.09 Å². The number of guanidine groups is 1. The maximum atomic E-state index is 12.5. The molecule has 1 aliphatic heterocycles. The molecule has 1 N–H and O–H groups in total. The number of rotatable bonds is 10. The van der Waals surface area contributed by atoms with Crippen LogP contribution >= 0.6 is 24.0 Å². The van der Waals surface area contributed by atoms with Crippen LogP contribution in [0.15, 0.2) is 4.99 Å². The summed E-state index contributed by atoms with van der Waals surface area (Å²) in [6.07, 6.45) is 5.15. The normalized spacial score (nSPS) is 17.8. The van der Waals surface area contributed by atoms with Gasteiger partial charge in [0.05, 0.1) is 12.6 Å². The number of methoxy groups -OCH3 is 1. The van der Waals surface area contributed by atoms with Crippen molar-refractivity contribution in [3.63, 3.8) is 0 Å². The summed E-state index contributed by atoms with van der Waals surface area (Å²) in [6, 6.07) is 0.309. The van der Waals surface area contributed by atoms with Crippen molar-refractivity contribution in [3.05, 3.63) is 0 Å². The lowest BCUT2D eigenvalue weighted by atomic mass is 10.1. The molecule has 1 heterocycles. The number of likely N-dealkylation sites (tertiary alicyclic amines) is 1. The molecule has 9 heteroatoms. The van der Waals surface area contributed by atoms with Crippen LogP contribution in [0.5, 0.6) is 0 Å². The quantitative estimate of drug-likeness (QED) is 0.193. The van der Waals surface area contributed by atoms with Crippen LogP contribution < -0.4 is 5.32 Å². The Morgan fingerprint density at radius 1 is 1.16 bits per heavy atom. The Balaban J connectivity index is 0.00000480. The van der Waals surface area contributed by atoms with E-state index in [1.165, 1.54) is 0 Å². The minimum absolute atomic E-state index is 0. The fourth-order valence-corrected chi connectivity index (χ4v) is 3.51. The van der Waals surface area contributed by atoms with Gasteiger partial charge in [-0.05, 0) is 59.8 Å². The van der Waals surface area contributed by atoms with E-state index in [0.717, 1.165) is 70.9 Å². The number of hydrogen-bond donors (Lipinski definition) is 1. The van der Waals surface area contributed by atoms with Crippen molar-refractivity contribution in [3.8, 4) is 0 Å². The summed E-state index contributed by atoms with van der Waals surface area (Å²) < 4.78 is 16.6. The highest BCUT2D eigenvalue weighted by atomic mass is 127. The van der Waals surface area contributed by atoms with Crippen LogP contribution in [0.25, 0.3) is 0 Å². The molecule has 2 rings (SSSR count). The zero-order chi connectivity index (χ0) is 22.0. The van der Waals surface area contributed by atoms with Crippen molar-refractivity contribution >= 4 is 36.0 Å². The predicted molar refractivity (Wildman–Crippen MR) is 134 cm³/mol. The van der Waals surface area contributed by atoms with Crippen LogP contribution in [0.3, 0.4) is 0 Å². The Bertz CT molecular complexity index is 544. The van der Waals surface area contributed by atoms with Crippen molar-refractivity contribution < 1.29 is 19.0 Å². The van der Waals surface area contributed by atoms with Crippen LogP contribution in [0.4, 0.5) is 4.79 Å². The summed E-state index contributed by atoms with van der Waals surface area (Å²) in [5.74, 6) is 0.926. The van der Waals surface area contributed by atoms with E-state index in [9.17, 15) is 4.79 Å². The molecule has 0 aromatic carbocycles. The Morgan fingerprint density at radius 2 is 1.84 bits per heavy atom. The average Bonchev–Trinajstić information content (AvgIpc) is 3.52. The van der Waals surface area contributed by atoms with Crippen molar-refractivity contribution in [2.75, 3.05) is 53.0 Å². The lowest BCUT2D eigenvalue weighted by Crippen LogP contribution is -2.47. The first-order chi connectivity index (χ1) is 14.3. The predicted octanol–water partition coefficient (Wildman–Crippen LogP) is 3.49. The molecule has 1 saturated heterocycles. The fourth-order valence-electron chi connectivity index (χ4n) is 3.51. The number of hydrogen-bond acceptors (Lipinski definition) is 5. The summed E-state index contributed by atoms with van der Waals surface area (Å²) in [4.78, 5) is 21.5. The van der Waals surface area contributed by atoms with E-state index in [-0.39, 0.29) is 30.1 Å². The second-order valence-electron chi connectivity index (χ2n) is 9.04. The van der Waals surface area contributed by atoms with Crippen LogP contribution in [0.2, 0.25) is 0 Å². The Hall–Kier alpha value is -0.810. The lowest BCUT2D eigenvalue weighted by molar-refractivity contribution is 0.00982. The molecule has 1 saturated carbocycles. The van der Waals surface area contributed by atoms with E-state index in [1.807, 2.05) is 25.7 Å². The van der Waals surface area contributed by atoms with E-state index in [2.05, 4.69) is 17.1 Å². The van der Waals surface area contributed by atoms with Crippen molar-refractivity contribution in [1.29, 1.82) is 0 Å². The Labute approximate surface area is 205 Å². The molecule has 2 aliphatic rings. The standard InChI is InChI=1S/C22H42N4O4.HI/c1-6-23-20(25-13-10-19(11-14-25)29-17-7-16-28-5)24-12-15-26(18-8-9-18)21(27)30-22(2,3)4;/h18-19H,6-17H2,1-5H3,(H,23,24);1H. The summed E-state index contributed by atoms with van der Waals surface area (Å²) in [6.45, 7) is 13.2. The molecule has 8 nitrogen and oxygen atoms in total. The van der Waals surface area contributed by atoms with Crippen LogP contribution in [-0.4, -0.2) is 92.6 Å². The molecule has 31 heavy (non-hydrogen) atoms. The topological polar surface area (TPSA) is 75.6 Å². The third kappa shape index (κ3) is 11.1. The van der Waals surface area contributed by atoms with Gasteiger partial charge in [0.25, 0.3) is 0 Å². The molecular weight excluding hydrogens is 511 g/mol. The summed E-state index contributed by atoms with van der Waals surface area (Å²) in [7, 11) is 1.72. The molecule has 0 spiro atoms. The number of carbonyl (C=O) groups excluding carboxylic acids is 1. The van der Waals surface area contributed by atoms with E-state index >= 15 is 0 Å². The molecule has 2 fully saturated rings. The van der Waals surface area contributed by atoms with Gasteiger partial charge in [0.2, 0.25) is 0 Å². The highest BCUT2D eigenvalue weighted by molar-refractivity contribution is 14.0. The first kappa shape index (κ1) is 28.2. The van der Waals surface area contributed by atoms with Crippen molar-refractivity contribution in [1.82, 2.24) is 15.1 Å². The SMILES string of the molecule is CCNC(=NCCN(C(=O)OC(C)(C)C)C1CC1)N1CCC(OCCCOC)CC1.I. The number of halogens is 1. The fraction of sp³-hybridized carbons (Fsp3) is 0.909. The highest BCUT2D eigenvalue weighted by Crippen LogP contribution is 2.28. The number of amides is 1. The number of piperidine rings is 1. The van der Waals surface area contributed by atoms with Crippen molar-refractivity contribution in [2.45, 2.75) is 77.5 Å². The van der Waals surface area contributed by atoms with Crippen LogP contribution in [-0.2, 0) is 14.2 Å². The van der Waals surface area contributed by atoms with Crippen molar-refractivity contribution in [2.24, 2.45) is 4.99 Å². The molecule has 0 atom stereocenters. The lowest BCUT2D eigenvalue weighted by Gasteiger charge is -2.34. The summed E-state index contributed by atoms with van der Waals surface area (Å²) in [5.41, 5.74) is -0.474. The molecule has 0 bridgehead atoms. The smallest absolute Gasteiger partial charge is 0.410 e. The van der Waals surface area contributed by atoms with E-state index < -0.39 is 5.60 Å². The van der Waals surface area contributed by atoms with Gasteiger partial charge in [0, 0.05) is 52.5 Å². The third-order valence-corrected chi connectivity index (χ3v) is 5.14. The molecule has 0 aromatic heterocycles. The molecular formula is C22H43IN4O4. The molecule has 1 amide bonds. The number of nitrogens with one attached hydrogen (secondary N) is 1. The van der Waals surface area contributed by atoms with Crippen LogP contribution in [0, 0.1) is 0 Å². The van der Waals surface area contributed by atoms with Gasteiger partial charge in [-0.3, -0.25) is 4.99 Å². The van der Waals surface area contributed by atoms with Gasteiger partial charge in [0.15, 0.2) is 5.96 Å². The molecule has 0 aromatic rings. The zero-order valence-corrected chi connectivity index (χ0v) is 22.4. The minimum atomic E-state index is -0.474. The summed E-state index contributed by atoms with van der Waals surface area (Å²) >= 11 is 0. The number of carbonyl (C=O) groups is 1. The third-order valence-electron chi connectivity index (χ3n) is 5.14. The van der Waals surface area contributed by atoms with Gasteiger partial charge in [-0.15, -0.1) is 24.0 Å². The molecule has 0 radical (unpaired) electrons. The van der Waals surface area contributed by atoms with Gasteiger partial charge in [-0.1, -0.05) is 0 Å². The molecule has 1 aliphatic carbocycles. The van der Waals surface area contributed by atoms with Gasteiger partial charge in [-0.25, -0.2) is 4.79 Å². The maximum Gasteiger partial charge on any atom is 0.410 e. The minimum Gasteiger partial charge on any atom is -0.444 e. The number of nitrogens with zero attached hydrogens (tertiary/aromatic N) is 3. The van der Waals surface area contributed by atoms with Crippen LogP contribution in [0.1, 0.15) is 59.8 Å². The molecule has 182 valence electrons. The first-order valence-electron chi connectivity index (χ1n) is 11.5. The Morgan fingerprint density at radius 3 is 2.39 bits per heavy atom. The second-order valence-corrected chi connectivity index (χ2v) is 9.04. The van der Waals surface area contributed by atoms with E-state index in [0.29, 0.717) is 25.2 Å². The molecule has 0 unspecified atom stereocenters. The van der Waals surface area contributed by atoms with Gasteiger partial charge < -0.3 is 29.3 Å². The second kappa shape index (κ2) is 14.4. The summed E-state index contributed by atoms with van der Waals surface area (Å²) in [5, 5.41) is 3.40. The number of ether oxygens (including phenoxy) is 3.